The summed E-state index contributed by atoms with van der Waals surface area (Å²) in [6.07, 6.45) is 0.341. The molecule has 1 amide bonds. The van der Waals surface area contributed by atoms with Crippen LogP contribution in [0.1, 0.15) is 37.6 Å². The first-order valence-electron chi connectivity index (χ1n) is 8.85. The maximum absolute atomic E-state index is 14.0. The molecule has 1 aromatic heterocycles. The third-order valence-electron chi connectivity index (χ3n) is 4.14. The molecule has 5 nitrogen and oxygen atoms in total. The van der Waals surface area contributed by atoms with Gasteiger partial charge in [-0.2, -0.15) is 0 Å². The molecule has 0 bridgehead atoms. The number of rotatable bonds is 3. The molecule has 0 saturated heterocycles. The van der Waals surface area contributed by atoms with E-state index in [2.05, 4.69) is 27.6 Å². The summed E-state index contributed by atoms with van der Waals surface area (Å²) in [5, 5.41) is 0.338. The lowest BCUT2D eigenvalue weighted by Crippen LogP contribution is -2.40. The highest BCUT2D eigenvalue weighted by Gasteiger charge is 2.27. The minimum Gasteiger partial charge on any atom is -0.472 e. The van der Waals surface area contributed by atoms with Gasteiger partial charge in [-0.25, -0.2) is 14.2 Å². The fourth-order valence-electron chi connectivity index (χ4n) is 2.78. The first kappa shape index (κ1) is 21.1. The molecule has 1 aliphatic rings. The maximum atomic E-state index is 14.0. The first-order valence-corrected chi connectivity index (χ1v) is 10.3. The van der Waals surface area contributed by atoms with Crippen LogP contribution in [0.25, 0.3) is 0 Å². The molecule has 3 rings (SSSR count). The molecule has 0 saturated carbocycles. The number of hydrogen-bond donors (Lipinski definition) is 0. The Morgan fingerprint density at radius 2 is 2.11 bits per heavy atom. The van der Waals surface area contributed by atoms with Crippen LogP contribution in [0.4, 0.5) is 9.18 Å². The topological polar surface area (TPSA) is 51.7 Å². The van der Waals surface area contributed by atoms with E-state index < -0.39 is 11.4 Å². The van der Waals surface area contributed by atoms with E-state index in [0.717, 1.165) is 14.8 Å². The van der Waals surface area contributed by atoms with Crippen molar-refractivity contribution in [3.8, 4) is 5.88 Å². The molecule has 2 heterocycles. The summed E-state index contributed by atoms with van der Waals surface area (Å²) in [5.74, 6) is -0.00342. The van der Waals surface area contributed by atoms with Gasteiger partial charge >= 0.3 is 6.09 Å². The number of aromatic nitrogens is 1. The van der Waals surface area contributed by atoms with Crippen LogP contribution in [-0.4, -0.2) is 28.1 Å². The van der Waals surface area contributed by atoms with Gasteiger partial charge in [0.25, 0.3) is 0 Å². The van der Waals surface area contributed by atoms with Gasteiger partial charge in [0.2, 0.25) is 5.88 Å². The zero-order valence-electron chi connectivity index (χ0n) is 15.9. The number of pyridine rings is 1. The predicted molar refractivity (Wildman–Crippen MR) is 113 cm³/mol. The summed E-state index contributed by atoms with van der Waals surface area (Å²) in [6, 6.07) is 6.47. The molecular weight excluding hydrogens is 498 g/mol. The zero-order chi connectivity index (χ0) is 20.5. The van der Waals surface area contributed by atoms with E-state index in [-0.39, 0.29) is 12.7 Å². The van der Waals surface area contributed by atoms with Crippen molar-refractivity contribution in [1.82, 2.24) is 9.88 Å². The van der Waals surface area contributed by atoms with Gasteiger partial charge in [-0.1, -0.05) is 17.7 Å². The molecule has 1 aliphatic heterocycles. The van der Waals surface area contributed by atoms with E-state index in [1.165, 1.54) is 6.07 Å². The highest BCUT2D eigenvalue weighted by Crippen LogP contribution is 2.27. The normalized spacial score (nSPS) is 13.9. The molecular formula is C20H21ClFIN2O3. The van der Waals surface area contributed by atoms with Gasteiger partial charge in [0.05, 0.1) is 15.8 Å². The number of amides is 1. The Labute approximate surface area is 182 Å². The van der Waals surface area contributed by atoms with Crippen molar-refractivity contribution < 1.29 is 18.7 Å². The van der Waals surface area contributed by atoms with E-state index in [1.807, 2.05) is 26.8 Å². The summed E-state index contributed by atoms with van der Waals surface area (Å²) in [4.78, 5) is 18.6. The number of nitrogens with zero attached hydrogens (tertiary/aromatic N) is 2. The highest BCUT2D eigenvalue weighted by atomic mass is 127. The summed E-state index contributed by atoms with van der Waals surface area (Å²) in [6.45, 7) is 6.49. The largest absolute Gasteiger partial charge is 0.472 e. The molecule has 2 aromatic rings. The van der Waals surface area contributed by atoms with E-state index in [4.69, 9.17) is 21.1 Å². The average Bonchev–Trinajstić information content (AvgIpc) is 2.59. The monoisotopic (exact) mass is 518 g/mol. The lowest BCUT2D eigenvalue weighted by Gasteiger charge is -2.31. The van der Waals surface area contributed by atoms with Crippen molar-refractivity contribution >= 4 is 40.3 Å². The number of hydrogen-bond acceptors (Lipinski definition) is 4. The maximum Gasteiger partial charge on any atom is 0.410 e. The van der Waals surface area contributed by atoms with Crippen LogP contribution in [0.5, 0.6) is 5.88 Å². The first-order chi connectivity index (χ1) is 13.1. The second-order valence-corrected chi connectivity index (χ2v) is 9.16. The molecule has 0 fully saturated rings. The van der Waals surface area contributed by atoms with Crippen LogP contribution in [-0.2, 0) is 24.3 Å². The van der Waals surface area contributed by atoms with Gasteiger partial charge in [0.1, 0.15) is 18.0 Å². The third-order valence-corrected chi connectivity index (χ3v) is 5.14. The SMILES string of the molecule is CC(C)(C)OC(=O)N1CCc2cc(I)c(OCc3ccc(Cl)cc3F)nc2C1. The number of halogens is 3. The van der Waals surface area contributed by atoms with Crippen LogP contribution in [0.15, 0.2) is 24.3 Å². The Hall–Kier alpha value is -1.61. The van der Waals surface area contributed by atoms with Gasteiger partial charge in [0, 0.05) is 17.1 Å². The molecule has 0 N–H and O–H groups in total. The Bertz CT molecular complexity index is 902. The van der Waals surface area contributed by atoms with E-state index >= 15 is 0 Å². The van der Waals surface area contributed by atoms with E-state index in [1.54, 1.807) is 17.0 Å². The second kappa shape index (κ2) is 8.41. The van der Waals surface area contributed by atoms with E-state index in [9.17, 15) is 9.18 Å². The predicted octanol–water partition coefficient (Wildman–Crippen LogP) is 5.35. The van der Waals surface area contributed by atoms with Crippen molar-refractivity contribution in [1.29, 1.82) is 0 Å². The van der Waals surface area contributed by atoms with Crippen LogP contribution < -0.4 is 4.74 Å². The number of fused-ring (bicyclic) bond motifs is 1. The van der Waals surface area contributed by atoms with Crippen LogP contribution in [0.3, 0.4) is 0 Å². The van der Waals surface area contributed by atoms with Gasteiger partial charge < -0.3 is 14.4 Å². The number of benzene rings is 1. The Kier molecular flexibility index (Phi) is 6.34. The highest BCUT2D eigenvalue weighted by molar-refractivity contribution is 14.1. The molecule has 0 atom stereocenters. The van der Waals surface area contributed by atoms with E-state index in [0.29, 0.717) is 36.0 Å². The molecule has 8 heteroatoms. The van der Waals surface area contributed by atoms with Crippen LogP contribution in [0.2, 0.25) is 5.02 Å². The fourth-order valence-corrected chi connectivity index (χ4v) is 3.59. The van der Waals surface area contributed by atoms with Gasteiger partial charge in [-0.05, 0) is 73.5 Å². The minimum atomic E-state index is -0.548. The number of carbonyl (C=O) groups is 1. The summed E-state index contributed by atoms with van der Waals surface area (Å²) in [7, 11) is 0. The number of ether oxygens (including phenoxy) is 2. The second-order valence-electron chi connectivity index (χ2n) is 7.56. The van der Waals surface area contributed by atoms with Gasteiger partial charge in [-0.3, -0.25) is 0 Å². The van der Waals surface area contributed by atoms with Crippen molar-refractivity contribution in [3.05, 3.63) is 55.5 Å². The quantitative estimate of drug-likeness (QED) is 0.514. The summed E-state index contributed by atoms with van der Waals surface area (Å²) < 4.78 is 26.0. The standard InChI is InChI=1S/C20H21ClFIN2O3/c1-20(2,3)28-19(26)25-7-6-12-8-16(23)18(24-17(12)10-25)27-11-13-4-5-14(21)9-15(13)22/h4-5,8-9H,6-7,10-11H2,1-3H3. The summed E-state index contributed by atoms with van der Waals surface area (Å²) in [5.41, 5.74) is 1.70. The minimum absolute atomic E-state index is 0.0422. The zero-order valence-corrected chi connectivity index (χ0v) is 18.8. The molecule has 0 spiro atoms. The van der Waals surface area contributed by atoms with Crippen molar-refractivity contribution in [2.75, 3.05) is 6.54 Å². The van der Waals surface area contributed by atoms with Crippen molar-refractivity contribution in [3.63, 3.8) is 0 Å². The van der Waals surface area contributed by atoms with Crippen molar-refractivity contribution in [2.45, 2.75) is 45.9 Å². The van der Waals surface area contributed by atoms with Crippen LogP contribution >= 0.6 is 34.2 Å². The molecule has 0 radical (unpaired) electrons. The lowest BCUT2D eigenvalue weighted by molar-refractivity contribution is 0.0220. The smallest absolute Gasteiger partial charge is 0.410 e. The molecule has 0 aliphatic carbocycles. The molecule has 28 heavy (non-hydrogen) atoms. The average molecular weight is 519 g/mol. The molecule has 150 valence electrons. The Morgan fingerprint density at radius 1 is 1.36 bits per heavy atom. The Morgan fingerprint density at radius 3 is 2.79 bits per heavy atom. The van der Waals surface area contributed by atoms with Crippen molar-refractivity contribution in [2.24, 2.45) is 0 Å². The fraction of sp³-hybridized carbons (Fsp3) is 0.400. The molecule has 0 unspecified atom stereocenters. The number of carbonyl (C=O) groups excluding carboxylic acids is 1. The Balaban J connectivity index is 1.73. The molecule has 1 aromatic carbocycles. The van der Waals surface area contributed by atoms with Gasteiger partial charge in [0.15, 0.2) is 0 Å². The third kappa shape index (κ3) is 5.26. The van der Waals surface area contributed by atoms with Crippen LogP contribution in [0, 0.1) is 9.39 Å². The lowest BCUT2D eigenvalue weighted by atomic mass is 10.1. The van der Waals surface area contributed by atoms with Gasteiger partial charge in [-0.15, -0.1) is 0 Å². The summed E-state index contributed by atoms with van der Waals surface area (Å²) >= 11 is 7.93.